The van der Waals surface area contributed by atoms with Crippen LogP contribution in [0.4, 0.5) is 17.6 Å². The van der Waals surface area contributed by atoms with E-state index >= 15 is 0 Å². The van der Waals surface area contributed by atoms with E-state index in [-0.39, 0.29) is 36.6 Å². The molecule has 0 aromatic heterocycles. The van der Waals surface area contributed by atoms with E-state index < -0.39 is 46.6 Å². The highest BCUT2D eigenvalue weighted by Gasteiger charge is 2.54. The maximum Gasteiger partial charge on any atom is 0.417 e. The molecular formula is C32H29ClF4N2O5. The van der Waals surface area contributed by atoms with Gasteiger partial charge in [0.1, 0.15) is 31.1 Å². The number of primary amides is 1. The van der Waals surface area contributed by atoms with E-state index in [1.807, 2.05) is 4.90 Å². The van der Waals surface area contributed by atoms with E-state index in [2.05, 4.69) is 0 Å². The molecule has 1 fully saturated rings. The number of halogens is 5. The summed E-state index contributed by atoms with van der Waals surface area (Å²) in [5.74, 6) is -1.01. The van der Waals surface area contributed by atoms with Gasteiger partial charge in [0.25, 0.3) is 0 Å². The van der Waals surface area contributed by atoms with E-state index in [0.29, 0.717) is 42.7 Å². The second-order valence-corrected chi connectivity index (χ2v) is 10.9. The Labute approximate surface area is 256 Å². The van der Waals surface area contributed by atoms with Gasteiger partial charge >= 0.3 is 12.1 Å². The number of hydrogen-bond acceptors (Lipinski definition) is 6. The maximum atomic E-state index is 13.7. The summed E-state index contributed by atoms with van der Waals surface area (Å²) in [5.41, 5.74) is 5.51. The molecule has 0 radical (unpaired) electrons. The van der Waals surface area contributed by atoms with Gasteiger partial charge in [-0.2, -0.15) is 13.2 Å². The van der Waals surface area contributed by atoms with E-state index in [1.54, 1.807) is 36.4 Å². The third-order valence-corrected chi connectivity index (χ3v) is 8.22. The van der Waals surface area contributed by atoms with E-state index in [4.69, 9.17) is 31.5 Å². The average Bonchev–Trinajstić information content (AvgIpc) is 3.82. The summed E-state index contributed by atoms with van der Waals surface area (Å²) in [5, 5.41) is -0.534. The molecule has 232 valence electrons. The van der Waals surface area contributed by atoms with Gasteiger partial charge in [0, 0.05) is 18.7 Å². The number of rotatable bonds is 11. The summed E-state index contributed by atoms with van der Waals surface area (Å²) in [6, 6.07) is 16.5. The number of amides is 1. The molecule has 1 saturated carbocycles. The number of para-hydroxylation sites is 1. The van der Waals surface area contributed by atoms with Crippen LogP contribution in [0.5, 0.6) is 11.5 Å². The Bertz CT molecular complexity index is 1570. The van der Waals surface area contributed by atoms with Crippen molar-refractivity contribution in [1.29, 1.82) is 0 Å². The molecule has 0 saturated heterocycles. The molecule has 7 nitrogen and oxygen atoms in total. The fraction of sp³-hybridized carbons (Fsp3) is 0.312. The quantitative estimate of drug-likeness (QED) is 0.154. The van der Waals surface area contributed by atoms with Crippen molar-refractivity contribution < 1.29 is 41.4 Å². The van der Waals surface area contributed by atoms with Gasteiger partial charge < -0.3 is 19.9 Å². The van der Waals surface area contributed by atoms with Gasteiger partial charge in [-0.3, -0.25) is 9.69 Å². The first kappa shape index (κ1) is 31.3. The van der Waals surface area contributed by atoms with Crippen LogP contribution in [0.3, 0.4) is 0 Å². The average molecular weight is 633 g/mol. The van der Waals surface area contributed by atoms with Crippen LogP contribution in [0.2, 0.25) is 5.02 Å². The highest BCUT2D eigenvalue weighted by molar-refractivity contribution is 6.32. The lowest BCUT2D eigenvalue weighted by Gasteiger charge is -2.35. The molecule has 1 aliphatic heterocycles. The Morgan fingerprint density at radius 2 is 1.66 bits per heavy atom. The van der Waals surface area contributed by atoms with Crippen molar-refractivity contribution >= 4 is 29.1 Å². The van der Waals surface area contributed by atoms with E-state index in [0.717, 1.165) is 6.07 Å². The zero-order chi connectivity index (χ0) is 31.5. The number of nitrogens with two attached hydrogens (primary N) is 1. The summed E-state index contributed by atoms with van der Waals surface area (Å²) >= 11 is 5.99. The Morgan fingerprint density at radius 3 is 2.32 bits per heavy atom. The molecule has 1 heterocycles. The van der Waals surface area contributed by atoms with Crippen molar-refractivity contribution in [1.82, 2.24) is 4.90 Å². The number of esters is 1. The predicted molar refractivity (Wildman–Crippen MR) is 154 cm³/mol. The zero-order valence-electron chi connectivity index (χ0n) is 23.5. The Balaban J connectivity index is 1.31. The fourth-order valence-electron chi connectivity index (χ4n) is 5.24. The van der Waals surface area contributed by atoms with Crippen LogP contribution in [0, 0.1) is 5.82 Å². The normalized spacial score (nSPS) is 16.4. The second-order valence-electron chi connectivity index (χ2n) is 10.5. The first-order chi connectivity index (χ1) is 21.0. The molecule has 2 N–H and O–H groups in total. The lowest BCUT2D eigenvalue weighted by atomic mass is 9.92. The van der Waals surface area contributed by atoms with Gasteiger partial charge in [-0.05, 0) is 60.7 Å². The van der Waals surface area contributed by atoms with Crippen molar-refractivity contribution in [2.45, 2.75) is 37.6 Å². The third-order valence-electron chi connectivity index (χ3n) is 7.77. The number of carbonyl (C=O) groups excluding carboxylic acids is 2. The van der Waals surface area contributed by atoms with Crippen LogP contribution >= 0.6 is 11.6 Å². The molecule has 0 atom stereocenters. The zero-order valence-corrected chi connectivity index (χ0v) is 24.2. The summed E-state index contributed by atoms with van der Waals surface area (Å²) in [7, 11) is 0. The summed E-state index contributed by atoms with van der Waals surface area (Å²) in [6.45, 7) is 0.369. The molecular weight excluding hydrogens is 604 g/mol. The van der Waals surface area contributed by atoms with Crippen LogP contribution in [0.25, 0.3) is 5.57 Å². The van der Waals surface area contributed by atoms with Gasteiger partial charge in [0.15, 0.2) is 11.6 Å². The van der Waals surface area contributed by atoms with Crippen molar-refractivity contribution in [2.75, 3.05) is 26.3 Å². The number of alkyl halides is 3. The van der Waals surface area contributed by atoms with Crippen LogP contribution in [0.15, 0.2) is 72.3 Å². The van der Waals surface area contributed by atoms with Gasteiger partial charge in [0.2, 0.25) is 5.91 Å². The van der Waals surface area contributed by atoms with Crippen LogP contribution in [-0.4, -0.2) is 48.6 Å². The third kappa shape index (κ3) is 6.84. The minimum atomic E-state index is -4.66. The van der Waals surface area contributed by atoms with Crippen molar-refractivity contribution in [3.8, 4) is 11.5 Å². The maximum absolute atomic E-state index is 13.7. The molecule has 12 heteroatoms. The van der Waals surface area contributed by atoms with Gasteiger partial charge in [0.05, 0.1) is 16.2 Å². The van der Waals surface area contributed by atoms with Crippen molar-refractivity contribution in [3.63, 3.8) is 0 Å². The molecule has 0 unspecified atom stereocenters. The molecule has 44 heavy (non-hydrogen) atoms. The molecule has 0 bridgehead atoms. The first-order valence-corrected chi connectivity index (χ1v) is 14.3. The molecule has 5 rings (SSSR count). The second kappa shape index (κ2) is 12.9. The lowest BCUT2D eigenvalue weighted by molar-refractivity contribution is -0.141. The lowest BCUT2D eigenvalue weighted by Crippen LogP contribution is -2.50. The van der Waals surface area contributed by atoms with Crippen LogP contribution in [-0.2, 0) is 27.1 Å². The molecule has 1 aliphatic carbocycles. The number of carbonyl (C=O) groups is 2. The Hall–Kier alpha value is -4.09. The first-order valence-electron chi connectivity index (χ1n) is 13.9. The van der Waals surface area contributed by atoms with E-state index in [1.165, 1.54) is 24.3 Å². The monoisotopic (exact) mass is 632 g/mol. The topological polar surface area (TPSA) is 91.1 Å². The largest absolute Gasteiger partial charge is 0.490 e. The van der Waals surface area contributed by atoms with Crippen LogP contribution in [0.1, 0.15) is 36.0 Å². The summed E-state index contributed by atoms with van der Waals surface area (Å²) in [6.07, 6.45) is -3.10. The molecule has 1 amide bonds. The standard InChI is InChI=1S/C32H29ClF4N2O5/c33-28-21(4-3-5-25(28)32(35,36)37)19-44-29(40)24-18-39(31(13-14-31)30(38)41)15-12-23(24)20-8-10-22(11-9-20)42-16-17-43-27-7-2-1-6-26(27)34/h1-11H,12-19H2,(H2,38,41). The van der Waals surface area contributed by atoms with E-state index in [9.17, 15) is 27.2 Å². The smallest absolute Gasteiger partial charge is 0.417 e. The van der Waals surface area contributed by atoms with Gasteiger partial charge in [-0.25, -0.2) is 9.18 Å². The number of ether oxygens (including phenoxy) is 3. The molecule has 3 aromatic carbocycles. The highest BCUT2D eigenvalue weighted by atomic mass is 35.5. The fourth-order valence-corrected chi connectivity index (χ4v) is 5.53. The predicted octanol–water partition coefficient (Wildman–Crippen LogP) is 6.18. The molecule has 0 spiro atoms. The number of nitrogens with zero attached hydrogens (tertiary/aromatic N) is 1. The minimum absolute atomic E-state index is 0.0148. The summed E-state index contributed by atoms with van der Waals surface area (Å²) < 4.78 is 70.2. The number of hydrogen-bond donors (Lipinski definition) is 1. The van der Waals surface area contributed by atoms with Crippen molar-refractivity contribution in [2.24, 2.45) is 5.73 Å². The number of benzene rings is 3. The Kier molecular flexibility index (Phi) is 9.17. The van der Waals surface area contributed by atoms with Crippen LogP contribution < -0.4 is 15.2 Å². The summed E-state index contributed by atoms with van der Waals surface area (Å²) in [4.78, 5) is 27.5. The van der Waals surface area contributed by atoms with Crippen molar-refractivity contribution in [3.05, 3.63) is 99.8 Å². The molecule has 3 aromatic rings. The van der Waals surface area contributed by atoms with Gasteiger partial charge in [-0.15, -0.1) is 0 Å². The van der Waals surface area contributed by atoms with Gasteiger partial charge in [-0.1, -0.05) is 48.0 Å². The SMILES string of the molecule is NC(=O)C1(N2CCC(c3ccc(OCCOc4ccccc4F)cc3)=C(C(=O)OCc3cccc(C(F)(F)F)c3Cl)C2)CC1. The Morgan fingerprint density at radius 1 is 0.955 bits per heavy atom. The molecule has 2 aliphatic rings. The highest BCUT2D eigenvalue weighted by Crippen LogP contribution is 2.45. The minimum Gasteiger partial charge on any atom is -0.490 e.